The van der Waals surface area contributed by atoms with Crippen molar-refractivity contribution in [2.45, 2.75) is 31.3 Å². The molecule has 2 heterocycles. The van der Waals surface area contributed by atoms with Gasteiger partial charge in [0.25, 0.3) is 0 Å². The number of rotatable bonds is 4. The Hall–Kier alpha value is -1.99. The van der Waals surface area contributed by atoms with E-state index in [4.69, 9.17) is 11.6 Å². The van der Waals surface area contributed by atoms with Crippen LogP contribution in [0, 0.1) is 5.92 Å². The molecule has 1 aromatic heterocycles. The molecule has 4 fully saturated rings. The normalized spacial score (nSPS) is 27.3. The monoisotopic (exact) mass is 388 g/mol. The molecule has 8 heteroatoms. The third-order valence-corrected chi connectivity index (χ3v) is 7.06. The number of benzene rings is 1. The van der Waals surface area contributed by atoms with Gasteiger partial charge < -0.3 is 9.80 Å². The molecule has 0 spiro atoms. The molecule has 26 heavy (non-hydrogen) atoms. The number of piperazine rings is 1. The third-order valence-electron chi connectivity index (χ3n) is 5.78. The fraction of sp³-hybridized carbons (Fsp3) is 0.444. The van der Waals surface area contributed by atoms with Gasteiger partial charge in [0.05, 0.1) is 11.6 Å². The number of nitrogens with zero attached hydrogens (tertiary/aromatic N) is 4. The van der Waals surface area contributed by atoms with Crippen molar-refractivity contribution >= 4 is 34.8 Å². The van der Waals surface area contributed by atoms with Crippen LogP contribution in [0.15, 0.2) is 24.3 Å². The summed E-state index contributed by atoms with van der Waals surface area (Å²) in [6.07, 6.45) is 3.22. The summed E-state index contributed by atoms with van der Waals surface area (Å²) in [5.41, 5.74) is 0.831. The molecule has 4 aliphatic rings. The molecule has 3 saturated carbocycles. The summed E-state index contributed by atoms with van der Waals surface area (Å²) in [4.78, 5) is 28.5. The quantitative estimate of drug-likeness (QED) is 0.755. The topological polar surface area (TPSA) is 66.4 Å². The molecule has 134 valence electrons. The molecule has 2 amide bonds. The molecule has 1 saturated heterocycles. The lowest BCUT2D eigenvalue weighted by atomic mass is 9.49. The minimum atomic E-state index is -0.421. The first-order chi connectivity index (χ1) is 12.6. The highest BCUT2D eigenvalue weighted by atomic mass is 35.5. The smallest absolute Gasteiger partial charge is 0.312 e. The van der Waals surface area contributed by atoms with Crippen molar-refractivity contribution < 1.29 is 9.59 Å². The lowest BCUT2D eigenvalue weighted by molar-refractivity contribution is -0.186. The first-order valence-corrected chi connectivity index (χ1v) is 9.93. The molecule has 6 nitrogen and oxygen atoms in total. The van der Waals surface area contributed by atoms with E-state index >= 15 is 0 Å². The van der Waals surface area contributed by atoms with Crippen molar-refractivity contribution in [3.63, 3.8) is 0 Å². The van der Waals surface area contributed by atoms with Crippen LogP contribution in [0.1, 0.15) is 24.3 Å². The summed E-state index contributed by atoms with van der Waals surface area (Å²) in [5, 5.41) is 10.4. The van der Waals surface area contributed by atoms with Crippen LogP contribution in [-0.2, 0) is 16.1 Å². The highest BCUT2D eigenvalue weighted by Gasteiger charge is 2.62. The molecule has 2 aromatic rings. The van der Waals surface area contributed by atoms with E-state index in [1.807, 2.05) is 29.2 Å². The maximum absolute atomic E-state index is 12.5. The Morgan fingerprint density at radius 2 is 1.88 bits per heavy atom. The number of hydrogen-bond donors (Lipinski definition) is 0. The van der Waals surface area contributed by atoms with Gasteiger partial charge in [0.1, 0.15) is 10.0 Å². The fourth-order valence-electron chi connectivity index (χ4n) is 4.27. The molecule has 0 atom stereocenters. The Labute approximate surface area is 159 Å². The number of carbonyl (C=O) groups excluding carboxylic acids is 2. The van der Waals surface area contributed by atoms with Crippen molar-refractivity contribution in [2.75, 3.05) is 13.1 Å². The molecular formula is C18H17ClN4O2S. The Kier molecular flexibility index (Phi) is 3.59. The van der Waals surface area contributed by atoms with Gasteiger partial charge in [-0.2, -0.15) is 0 Å². The Bertz CT molecular complexity index is 897. The van der Waals surface area contributed by atoms with Crippen LogP contribution >= 0.6 is 22.9 Å². The number of aromatic nitrogens is 2. The molecule has 1 aliphatic heterocycles. The van der Waals surface area contributed by atoms with E-state index in [0.29, 0.717) is 29.7 Å². The average molecular weight is 389 g/mol. The van der Waals surface area contributed by atoms with Crippen molar-refractivity contribution in [3.05, 3.63) is 34.3 Å². The molecule has 0 N–H and O–H groups in total. The lowest BCUT2D eigenvalue weighted by Gasteiger charge is -2.66. The fourth-order valence-corrected chi connectivity index (χ4v) is 5.44. The summed E-state index contributed by atoms with van der Waals surface area (Å²) in [6.45, 7) is 1.49. The lowest BCUT2D eigenvalue weighted by Crippen LogP contribution is -2.73. The zero-order valence-corrected chi connectivity index (χ0v) is 15.6. The second-order valence-corrected chi connectivity index (χ2v) is 8.84. The predicted octanol–water partition coefficient (Wildman–Crippen LogP) is 2.58. The van der Waals surface area contributed by atoms with Gasteiger partial charge in [0.2, 0.25) is 0 Å². The van der Waals surface area contributed by atoms with Gasteiger partial charge >= 0.3 is 11.8 Å². The van der Waals surface area contributed by atoms with Crippen LogP contribution in [0.2, 0.25) is 5.02 Å². The highest BCUT2D eigenvalue weighted by Crippen LogP contribution is 2.60. The highest BCUT2D eigenvalue weighted by molar-refractivity contribution is 7.14. The molecule has 3 aliphatic carbocycles. The number of amides is 2. The summed E-state index contributed by atoms with van der Waals surface area (Å²) in [7, 11) is 0. The predicted molar refractivity (Wildman–Crippen MR) is 97.6 cm³/mol. The van der Waals surface area contributed by atoms with E-state index in [1.165, 1.54) is 11.3 Å². The van der Waals surface area contributed by atoms with Crippen molar-refractivity contribution in [3.8, 4) is 10.6 Å². The van der Waals surface area contributed by atoms with Crippen molar-refractivity contribution in [1.82, 2.24) is 20.0 Å². The minimum absolute atomic E-state index is 0.00344. The van der Waals surface area contributed by atoms with E-state index in [2.05, 4.69) is 10.2 Å². The van der Waals surface area contributed by atoms with E-state index in [-0.39, 0.29) is 11.4 Å². The number of halogens is 1. The van der Waals surface area contributed by atoms with Gasteiger partial charge in [-0.3, -0.25) is 9.59 Å². The van der Waals surface area contributed by atoms with Gasteiger partial charge in [-0.05, 0) is 31.2 Å². The Morgan fingerprint density at radius 3 is 2.58 bits per heavy atom. The van der Waals surface area contributed by atoms with Gasteiger partial charge in [0, 0.05) is 24.2 Å². The van der Waals surface area contributed by atoms with Crippen LogP contribution < -0.4 is 0 Å². The van der Waals surface area contributed by atoms with E-state index in [9.17, 15) is 9.59 Å². The zero-order valence-electron chi connectivity index (χ0n) is 14.0. The zero-order chi connectivity index (χ0) is 17.9. The molecule has 0 radical (unpaired) electrons. The maximum Gasteiger partial charge on any atom is 0.312 e. The summed E-state index contributed by atoms with van der Waals surface area (Å²) in [6, 6.07) is 7.46. The van der Waals surface area contributed by atoms with Crippen LogP contribution in [0.5, 0.6) is 0 Å². The molecule has 1 aromatic carbocycles. The van der Waals surface area contributed by atoms with Gasteiger partial charge in [-0.1, -0.05) is 41.1 Å². The van der Waals surface area contributed by atoms with Crippen molar-refractivity contribution in [1.29, 1.82) is 0 Å². The number of hydrogen-bond acceptors (Lipinski definition) is 5. The third kappa shape index (κ3) is 2.37. The molecular weight excluding hydrogens is 372 g/mol. The standard InChI is InChI=1S/C18H17ClN4O2S/c19-13-4-2-1-3-12(13)15-21-20-14(26-15)10-22-5-6-23(17(25)16(22)24)18-7-11(8-18)9-18/h1-4,11H,5-10H2. The second-order valence-electron chi connectivity index (χ2n) is 7.37. The Morgan fingerprint density at radius 1 is 1.12 bits per heavy atom. The second kappa shape index (κ2) is 5.76. The van der Waals surface area contributed by atoms with Gasteiger partial charge in [-0.15, -0.1) is 10.2 Å². The SMILES string of the molecule is O=C1C(=O)N(C23CC(C2)C3)CCN1Cc1nnc(-c2ccccc2Cl)s1. The summed E-state index contributed by atoms with van der Waals surface area (Å²) < 4.78 is 0. The van der Waals surface area contributed by atoms with Crippen LogP contribution in [0.3, 0.4) is 0 Å². The summed E-state index contributed by atoms with van der Waals surface area (Å²) >= 11 is 7.61. The van der Waals surface area contributed by atoms with Crippen LogP contribution in [0.4, 0.5) is 0 Å². The largest absolute Gasteiger partial charge is 0.327 e. The van der Waals surface area contributed by atoms with Crippen molar-refractivity contribution in [2.24, 2.45) is 5.92 Å². The first kappa shape index (κ1) is 16.2. The minimum Gasteiger partial charge on any atom is -0.327 e. The van der Waals surface area contributed by atoms with Crippen LogP contribution in [-0.4, -0.2) is 50.4 Å². The van der Waals surface area contributed by atoms with E-state index in [1.54, 1.807) is 4.90 Å². The molecule has 6 rings (SSSR count). The van der Waals surface area contributed by atoms with Crippen LogP contribution in [0.25, 0.3) is 10.6 Å². The first-order valence-electron chi connectivity index (χ1n) is 8.74. The molecule has 0 unspecified atom stereocenters. The molecule has 2 bridgehead atoms. The number of carbonyl (C=O) groups is 2. The average Bonchev–Trinajstić information content (AvgIpc) is 3.00. The van der Waals surface area contributed by atoms with E-state index in [0.717, 1.165) is 35.8 Å². The Balaban J connectivity index is 1.29. The summed E-state index contributed by atoms with van der Waals surface area (Å²) in [5.74, 6) is 0.00117. The van der Waals surface area contributed by atoms with Gasteiger partial charge in [0.15, 0.2) is 0 Å². The van der Waals surface area contributed by atoms with Gasteiger partial charge in [-0.25, -0.2) is 0 Å². The maximum atomic E-state index is 12.5. The van der Waals surface area contributed by atoms with E-state index < -0.39 is 5.91 Å².